The Morgan fingerprint density at radius 3 is 1.78 bits per heavy atom. The SMILES string of the molecule is COC(=O)c1cc(NC(=O)c2nnn(Cc3cc(Cl)cc(Cl)c3)c2C)c(NC(=O)c2nnn(Cc3ccc(Cl)c(Cl)c3)c2C)c(C)c1C(=O)OC. The maximum Gasteiger partial charge on any atom is 0.339 e. The first-order valence-electron chi connectivity index (χ1n) is 14.9. The summed E-state index contributed by atoms with van der Waals surface area (Å²) < 4.78 is 12.8. The summed E-state index contributed by atoms with van der Waals surface area (Å²) in [4.78, 5) is 53.2. The number of amides is 2. The lowest BCUT2D eigenvalue weighted by atomic mass is 9.97. The minimum atomic E-state index is -0.893. The quantitative estimate of drug-likeness (QED) is 0.148. The fourth-order valence-corrected chi connectivity index (χ4v) is 6.09. The Hall–Kier alpha value is -5.02. The van der Waals surface area contributed by atoms with Crippen LogP contribution in [0.25, 0.3) is 0 Å². The molecule has 5 rings (SSSR count). The Kier molecular flexibility index (Phi) is 11.3. The number of aromatic nitrogens is 6. The topological polar surface area (TPSA) is 172 Å². The minimum Gasteiger partial charge on any atom is -0.465 e. The van der Waals surface area contributed by atoms with Crippen molar-refractivity contribution in [3.8, 4) is 0 Å². The number of nitrogens with zero attached hydrogens (tertiary/aromatic N) is 6. The third kappa shape index (κ3) is 7.99. The van der Waals surface area contributed by atoms with E-state index in [1.165, 1.54) is 22.4 Å². The molecule has 2 heterocycles. The molecule has 0 unspecified atom stereocenters. The Morgan fingerprint density at radius 2 is 1.24 bits per heavy atom. The Morgan fingerprint density at radius 1 is 0.686 bits per heavy atom. The van der Waals surface area contributed by atoms with Crippen molar-refractivity contribution in [3.05, 3.63) is 113 Å². The maximum absolute atomic E-state index is 13.7. The van der Waals surface area contributed by atoms with Gasteiger partial charge in [0, 0.05) is 10.0 Å². The third-order valence-corrected chi connectivity index (χ3v) is 9.00. The maximum atomic E-state index is 13.7. The van der Waals surface area contributed by atoms with Gasteiger partial charge in [-0.05, 0) is 73.9 Å². The Bertz CT molecular complexity index is 2200. The molecule has 18 heteroatoms. The summed E-state index contributed by atoms with van der Waals surface area (Å²) in [5.74, 6) is -3.24. The molecular formula is C33H28Cl4N8O6. The number of ether oxygens (including phenoxy) is 2. The van der Waals surface area contributed by atoms with Crippen LogP contribution in [0.4, 0.5) is 11.4 Å². The van der Waals surface area contributed by atoms with E-state index in [4.69, 9.17) is 55.9 Å². The highest BCUT2D eigenvalue weighted by atomic mass is 35.5. The van der Waals surface area contributed by atoms with Gasteiger partial charge in [0.2, 0.25) is 0 Å². The predicted molar refractivity (Wildman–Crippen MR) is 190 cm³/mol. The van der Waals surface area contributed by atoms with Crippen molar-refractivity contribution < 1.29 is 28.7 Å². The molecule has 14 nitrogen and oxygen atoms in total. The van der Waals surface area contributed by atoms with Gasteiger partial charge in [-0.2, -0.15) is 0 Å². The highest BCUT2D eigenvalue weighted by Crippen LogP contribution is 2.34. The standard InChI is InChI=1S/C33H28Cl4N8O6/c1-15-26(33(49)51-5)22(32(48)50-4)12-25(38-30(46)28-16(2)45(43-40-28)14-19-8-20(34)11-21(35)9-19)27(15)39-31(47)29-17(3)44(42-41-29)13-18-6-7-23(36)24(37)10-18/h6-12H,13-14H2,1-5H3,(H,38,46)(H,39,47). The van der Waals surface area contributed by atoms with Crippen LogP contribution in [-0.4, -0.2) is 68.0 Å². The van der Waals surface area contributed by atoms with Gasteiger partial charge in [-0.1, -0.05) is 62.9 Å². The van der Waals surface area contributed by atoms with E-state index in [0.717, 1.165) is 25.3 Å². The number of esters is 2. The summed E-state index contributed by atoms with van der Waals surface area (Å²) >= 11 is 24.5. The summed E-state index contributed by atoms with van der Waals surface area (Å²) in [6, 6.07) is 11.3. The molecule has 0 saturated carbocycles. The number of carbonyl (C=O) groups is 4. The van der Waals surface area contributed by atoms with Gasteiger partial charge in [0.1, 0.15) is 0 Å². The number of benzene rings is 3. The molecule has 0 fully saturated rings. The molecule has 0 bridgehead atoms. The van der Waals surface area contributed by atoms with E-state index >= 15 is 0 Å². The van der Waals surface area contributed by atoms with Crippen LogP contribution in [0.5, 0.6) is 0 Å². The fourth-order valence-electron chi connectivity index (χ4n) is 5.19. The van der Waals surface area contributed by atoms with Crippen molar-refractivity contribution in [2.75, 3.05) is 24.9 Å². The first-order valence-corrected chi connectivity index (χ1v) is 16.4. The number of rotatable bonds is 10. The van der Waals surface area contributed by atoms with Crippen molar-refractivity contribution in [2.45, 2.75) is 33.9 Å². The molecule has 0 spiro atoms. The summed E-state index contributed by atoms with van der Waals surface area (Å²) in [5, 5.41) is 23.3. The van der Waals surface area contributed by atoms with Crippen LogP contribution in [-0.2, 0) is 22.6 Å². The molecule has 51 heavy (non-hydrogen) atoms. The number of hydrogen-bond acceptors (Lipinski definition) is 10. The van der Waals surface area contributed by atoms with E-state index < -0.39 is 23.8 Å². The lowest BCUT2D eigenvalue weighted by Gasteiger charge is -2.19. The monoisotopic (exact) mass is 772 g/mol. The molecule has 3 aromatic carbocycles. The molecule has 0 aliphatic rings. The zero-order valence-electron chi connectivity index (χ0n) is 27.6. The molecule has 0 saturated heterocycles. The van der Waals surface area contributed by atoms with Gasteiger partial charge in [-0.3, -0.25) is 9.59 Å². The zero-order chi connectivity index (χ0) is 37.1. The highest BCUT2D eigenvalue weighted by molar-refractivity contribution is 6.42. The zero-order valence-corrected chi connectivity index (χ0v) is 30.6. The molecule has 264 valence electrons. The molecule has 5 aromatic rings. The van der Waals surface area contributed by atoms with E-state index in [2.05, 4.69) is 31.3 Å². The van der Waals surface area contributed by atoms with Gasteiger partial charge in [-0.15, -0.1) is 10.2 Å². The van der Waals surface area contributed by atoms with Gasteiger partial charge in [0.25, 0.3) is 11.8 Å². The van der Waals surface area contributed by atoms with Crippen molar-refractivity contribution in [3.63, 3.8) is 0 Å². The second-order valence-corrected chi connectivity index (χ2v) is 12.8. The first-order chi connectivity index (χ1) is 24.2. The normalized spacial score (nSPS) is 10.9. The number of carbonyl (C=O) groups excluding carboxylic acids is 4. The Balaban J connectivity index is 1.51. The van der Waals surface area contributed by atoms with Gasteiger partial charge in [0.05, 0.1) is 71.2 Å². The first kappa shape index (κ1) is 37.2. The van der Waals surface area contributed by atoms with E-state index in [1.54, 1.807) is 50.2 Å². The molecule has 0 atom stereocenters. The van der Waals surface area contributed by atoms with Gasteiger partial charge >= 0.3 is 11.9 Å². The number of methoxy groups -OCH3 is 2. The molecule has 2 N–H and O–H groups in total. The minimum absolute atomic E-state index is 0.0292. The summed E-state index contributed by atoms with van der Waals surface area (Å²) in [7, 11) is 2.27. The lowest BCUT2D eigenvalue weighted by molar-refractivity contribution is 0.0554. The third-order valence-electron chi connectivity index (χ3n) is 7.83. The number of anilines is 2. The Labute approximate surface area is 310 Å². The van der Waals surface area contributed by atoms with Crippen LogP contribution in [0.15, 0.2) is 42.5 Å². The largest absolute Gasteiger partial charge is 0.465 e. The molecule has 0 radical (unpaired) electrons. The van der Waals surface area contributed by atoms with Gasteiger partial charge in [0.15, 0.2) is 11.4 Å². The average molecular weight is 774 g/mol. The van der Waals surface area contributed by atoms with Crippen molar-refractivity contribution in [2.24, 2.45) is 0 Å². The van der Waals surface area contributed by atoms with Crippen molar-refractivity contribution in [1.82, 2.24) is 30.0 Å². The predicted octanol–water partition coefficient (Wildman–Crippen LogP) is 6.58. The van der Waals surface area contributed by atoms with Gasteiger partial charge in [-0.25, -0.2) is 19.0 Å². The number of nitrogens with one attached hydrogen (secondary N) is 2. The number of halogens is 4. The van der Waals surface area contributed by atoms with E-state index in [0.29, 0.717) is 31.5 Å². The average Bonchev–Trinajstić information content (AvgIpc) is 3.63. The van der Waals surface area contributed by atoms with Crippen LogP contribution in [0, 0.1) is 20.8 Å². The molecule has 2 amide bonds. The summed E-state index contributed by atoms with van der Waals surface area (Å²) in [6.45, 7) is 5.19. The second kappa shape index (κ2) is 15.5. The molecular weight excluding hydrogens is 746 g/mol. The van der Waals surface area contributed by atoms with Gasteiger partial charge < -0.3 is 20.1 Å². The van der Waals surface area contributed by atoms with Crippen LogP contribution in [0.2, 0.25) is 20.1 Å². The van der Waals surface area contributed by atoms with Crippen molar-refractivity contribution >= 4 is 81.5 Å². The van der Waals surface area contributed by atoms with Crippen LogP contribution >= 0.6 is 46.4 Å². The fraction of sp³-hybridized carbons (Fsp3) is 0.212. The smallest absolute Gasteiger partial charge is 0.339 e. The van der Waals surface area contributed by atoms with Crippen LogP contribution < -0.4 is 10.6 Å². The molecule has 0 aliphatic heterocycles. The van der Waals surface area contributed by atoms with Crippen molar-refractivity contribution in [1.29, 1.82) is 0 Å². The highest BCUT2D eigenvalue weighted by Gasteiger charge is 2.29. The van der Waals surface area contributed by atoms with E-state index in [1.807, 2.05) is 0 Å². The van der Waals surface area contributed by atoms with Crippen LogP contribution in [0.3, 0.4) is 0 Å². The summed E-state index contributed by atoms with van der Waals surface area (Å²) in [6.07, 6.45) is 0. The number of hydrogen-bond donors (Lipinski definition) is 2. The molecule has 2 aromatic heterocycles. The van der Waals surface area contributed by atoms with E-state index in [9.17, 15) is 19.2 Å². The molecule has 0 aliphatic carbocycles. The van der Waals surface area contributed by atoms with Crippen LogP contribution in [0.1, 0.15) is 69.8 Å². The second-order valence-electron chi connectivity index (χ2n) is 11.1. The van der Waals surface area contributed by atoms with E-state index in [-0.39, 0.29) is 52.5 Å². The summed E-state index contributed by atoms with van der Waals surface area (Å²) in [5.41, 5.74) is 1.74. The lowest BCUT2D eigenvalue weighted by Crippen LogP contribution is -2.22.